The summed E-state index contributed by atoms with van der Waals surface area (Å²) in [5.74, 6) is 0.103. The number of carbonyl (C=O) groups excluding carboxylic acids is 1. The fraction of sp³-hybridized carbons (Fsp3) is 0.167. The van der Waals surface area contributed by atoms with Crippen molar-refractivity contribution in [2.75, 3.05) is 6.54 Å². The van der Waals surface area contributed by atoms with Crippen LogP contribution in [-0.2, 0) is 11.2 Å². The van der Waals surface area contributed by atoms with Crippen molar-refractivity contribution in [1.29, 1.82) is 0 Å². The van der Waals surface area contributed by atoms with E-state index in [2.05, 4.69) is 45.6 Å². The number of aromatic amines is 1. The topological polar surface area (TPSA) is 57.8 Å². The first-order valence-corrected chi connectivity index (χ1v) is 10.6. The van der Waals surface area contributed by atoms with Gasteiger partial charge in [-0.05, 0) is 22.6 Å². The standard InChI is InChI=1S/C24H23N3OS/c28-23(25-14-13-21-24(27-17-26-21)22-12-7-15-29-22)16-20(18-8-3-1-4-9-18)19-10-5-2-6-11-19/h1-12,15,17,20H,13-14,16H2,(H,25,28)(H,26,27). The average Bonchev–Trinajstić information content (AvgIpc) is 3.45. The first kappa shape index (κ1) is 19.2. The summed E-state index contributed by atoms with van der Waals surface area (Å²) in [5, 5.41) is 5.12. The molecule has 29 heavy (non-hydrogen) atoms. The Morgan fingerprint density at radius 2 is 1.66 bits per heavy atom. The third-order valence-electron chi connectivity index (χ3n) is 4.96. The van der Waals surface area contributed by atoms with Crippen molar-refractivity contribution < 1.29 is 4.79 Å². The third-order valence-corrected chi connectivity index (χ3v) is 5.84. The van der Waals surface area contributed by atoms with Gasteiger partial charge >= 0.3 is 0 Å². The maximum atomic E-state index is 12.7. The number of hydrogen-bond donors (Lipinski definition) is 2. The van der Waals surface area contributed by atoms with Gasteiger partial charge in [-0.25, -0.2) is 4.98 Å². The van der Waals surface area contributed by atoms with E-state index in [1.54, 1.807) is 17.7 Å². The van der Waals surface area contributed by atoms with Crippen molar-refractivity contribution >= 4 is 17.2 Å². The quantitative estimate of drug-likeness (QED) is 0.436. The van der Waals surface area contributed by atoms with Crippen LogP contribution in [0.2, 0.25) is 0 Å². The van der Waals surface area contributed by atoms with Crippen LogP contribution in [0.5, 0.6) is 0 Å². The monoisotopic (exact) mass is 401 g/mol. The zero-order valence-corrected chi connectivity index (χ0v) is 16.9. The third kappa shape index (κ3) is 4.81. The van der Waals surface area contributed by atoms with E-state index in [1.807, 2.05) is 47.8 Å². The minimum absolute atomic E-state index is 0.0474. The van der Waals surface area contributed by atoms with Gasteiger partial charge in [0.05, 0.1) is 11.2 Å². The highest BCUT2D eigenvalue weighted by Crippen LogP contribution is 2.28. The summed E-state index contributed by atoms with van der Waals surface area (Å²) in [7, 11) is 0. The molecule has 2 N–H and O–H groups in total. The van der Waals surface area contributed by atoms with Gasteiger partial charge in [-0.3, -0.25) is 4.79 Å². The average molecular weight is 402 g/mol. The highest BCUT2D eigenvalue weighted by atomic mass is 32.1. The summed E-state index contributed by atoms with van der Waals surface area (Å²) in [4.78, 5) is 21.5. The molecule has 2 heterocycles. The molecule has 0 atom stereocenters. The molecular weight excluding hydrogens is 378 g/mol. The molecule has 0 bridgehead atoms. The zero-order chi connectivity index (χ0) is 19.9. The van der Waals surface area contributed by atoms with Crippen molar-refractivity contribution in [1.82, 2.24) is 15.3 Å². The van der Waals surface area contributed by atoms with Gasteiger partial charge in [-0.15, -0.1) is 11.3 Å². The summed E-state index contributed by atoms with van der Waals surface area (Å²) >= 11 is 1.67. The smallest absolute Gasteiger partial charge is 0.220 e. The second-order valence-corrected chi connectivity index (χ2v) is 7.83. The first-order valence-electron chi connectivity index (χ1n) is 9.74. The fourth-order valence-corrected chi connectivity index (χ4v) is 4.27. The molecule has 4 aromatic rings. The summed E-state index contributed by atoms with van der Waals surface area (Å²) < 4.78 is 0. The van der Waals surface area contributed by atoms with Gasteiger partial charge in [0.15, 0.2) is 0 Å². The summed E-state index contributed by atoms with van der Waals surface area (Å²) in [6, 6.07) is 24.5. The first-order chi connectivity index (χ1) is 14.3. The molecule has 0 saturated heterocycles. The lowest BCUT2D eigenvalue weighted by atomic mass is 9.88. The van der Waals surface area contributed by atoms with Crippen LogP contribution in [0.4, 0.5) is 0 Å². The zero-order valence-electron chi connectivity index (χ0n) is 16.0. The fourth-order valence-electron chi connectivity index (χ4n) is 3.52. The number of H-pyrrole nitrogens is 1. The maximum Gasteiger partial charge on any atom is 0.220 e. The Kier molecular flexibility index (Phi) is 6.17. The van der Waals surface area contributed by atoms with Crippen molar-refractivity contribution in [3.63, 3.8) is 0 Å². The molecule has 0 saturated carbocycles. The van der Waals surface area contributed by atoms with Crippen LogP contribution in [0, 0.1) is 0 Å². The number of imidazole rings is 1. The Morgan fingerprint density at radius 3 is 2.28 bits per heavy atom. The SMILES string of the molecule is O=C(CC(c1ccccc1)c1ccccc1)NCCc1[nH]cnc1-c1cccs1. The number of aromatic nitrogens is 2. The Hall–Kier alpha value is -3.18. The van der Waals surface area contributed by atoms with Crippen LogP contribution < -0.4 is 5.32 Å². The molecule has 0 radical (unpaired) electrons. The second-order valence-electron chi connectivity index (χ2n) is 6.89. The van der Waals surface area contributed by atoms with E-state index in [-0.39, 0.29) is 11.8 Å². The number of carbonyl (C=O) groups is 1. The van der Waals surface area contributed by atoms with E-state index >= 15 is 0 Å². The number of nitrogens with one attached hydrogen (secondary N) is 2. The highest BCUT2D eigenvalue weighted by Gasteiger charge is 2.18. The molecule has 0 aliphatic carbocycles. The minimum Gasteiger partial charge on any atom is -0.356 e. The molecule has 0 aliphatic rings. The summed E-state index contributed by atoms with van der Waals surface area (Å²) in [6.07, 6.45) is 2.86. The van der Waals surface area contributed by atoms with Gasteiger partial charge in [0, 0.05) is 31.0 Å². The van der Waals surface area contributed by atoms with Crippen LogP contribution in [0.1, 0.15) is 29.2 Å². The van der Waals surface area contributed by atoms with Gasteiger partial charge in [-0.1, -0.05) is 66.7 Å². The number of amides is 1. The molecule has 2 aromatic heterocycles. The van der Waals surface area contributed by atoms with E-state index in [4.69, 9.17) is 0 Å². The summed E-state index contributed by atoms with van der Waals surface area (Å²) in [6.45, 7) is 0.579. The van der Waals surface area contributed by atoms with Crippen molar-refractivity contribution in [2.45, 2.75) is 18.8 Å². The van der Waals surface area contributed by atoms with Gasteiger partial charge < -0.3 is 10.3 Å². The van der Waals surface area contributed by atoms with Crippen molar-refractivity contribution in [3.8, 4) is 10.6 Å². The number of hydrogen-bond acceptors (Lipinski definition) is 3. The normalized spacial score (nSPS) is 10.9. The molecule has 4 rings (SSSR count). The van der Waals surface area contributed by atoms with Crippen molar-refractivity contribution in [2.24, 2.45) is 0 Å². The molecule has 5 heteroatoms. The Bertz CT molecular complexity index is 987. The van der Waals surface area contributed by atoms with Crippen molar-refractivity contribution in [3.05, 3.63) is 101 Å². The number of nitrogens with zero attached hydrogens (tertiary/aromatic N) is 1. The van der Waals surface area contributed by atoms with Crippen LogP contribution in [0.15, 0.2) is 84.5 Å². The Morgan fingerprint density at radius 1 is 0.966 bits per heavy atom. The molecule has 146 valence electrons. The molecule has 1 amide bonds. The predicted molar refractivity (Wildman–Crippen MR) is 118 cm³/mol. The molecule has 0 spiro atoms. The lowest BCUT2D eigenvalue weighted by molar-refractivity contribution is -0.121. The van der Waals surface area contributed by atoms with E-state index in [0.717, 1.165) is 33.8 Å². The van der Waals surface area contributed by atoms with Crippen LogP contribution in [0.3, 0.4) is 0 Å². The lowest BCUT2D eigenvalue weighted by Crippen LogP contribution is -2.27. The van der Waals surface area contributed by atoms with Gasteiger partial charge in [0.25, 0.3) is 0 Å². The molecule has 2 aromatic carbocycles. The van der Waals surface area contributed by atoms with E-state index < -0.39 is 0 Å². The second kappa shape index (κ2) is 9.34. The minimum atomic E-state index is 0.0474. The van der Waals surface area contributed by atoms with E-state index in [9.17, 15) is 4.79 Å². The molecule has 0 unspecified atom stereocenters. The van der Waals surface area contributed by atoms with E-state index in [0.29, 0.717) is 13.0 Å². The van der Waals surface area contributed by atoms with Gasteiger partial charge in [-0.2, -0.15) is 0 Å². The highest BCUT2D eigenvalue weighted by molar-refractivity contribution is 7.13. The molecular formula is C24H23N3OS. The molecule has 0 fully saturated rings. The van der Waals surface area contributed by atoms with Crippen LogP contribution in [0.25, 0.3) is 10.6 Å². The Balaban J connectivity index is 1.39. The molecule has 0 aliphatic heterocycles. The van der Waals surface area contributed by atoms with E-state index in [1.165, 1.54) is 0 Å². The maximum absolute atomic E-state index is 12.7. The van der Waals surface area contributed by atoms with Gasteiger partial charge in [0.2, 0.25) is 5.91 Å². The number of benzene rings is 2. The largest absolute Gasteiger partial charge is 0.356 e. The predicted octanol–water partition coefficient (Wildman–Crippen LogP) is 5.02. The van der Waals surface area contributed by atoms with Crippen LogP contribution in [-0.4, -0.2) is 22.4 Å². The molecule has 4 nitrogen and oxygen atoms in total. The Labute approximate surface area is 174 Å². The number of thiophene rings is 1. The lowest BCUT2D eigenvalue weighted by Gasteiger charge is -2.18. The summed E-state index contributed by atoms with van der Waals surface area (Å²) in [5.41, 5.74) is 4.33. The number of rotatable bonds is 8. The van der Waals surface area contributed by atoms with Crippen LogP contribution >= 0.6 is 11.3 Å². The van der Waals surface area contributed by atoms with Gasteiger partial charge in [0.1, 0.15) is 5.69 Å².